The predicted molar refractivity (Wildman–Crippen MR) is 74.1 cm³/mol. The van der Waals surface area contributed by atoms with Crippen LogP contribution in [-0.4, -0.2) is 23.0 Å². The summed E-state index contributed by atoms with van der Waals surface area (Å²) in [5, 5.41) is 11.4. The predicted octanol–water partition coefficient (Wildman–Crippen LogP) is 2.22. The fraction of sp³-hybridized carbons (Fsp3) is 0.467. The van der Waals surface area contributed by atoms with E-state index in [0.29, 0.717) is 12.8 Å². The Morgan fingerprint density at radius 3 is 2.53 bits per heavy atom. The Morgan fingerprint density at radius 2 is 1.95 bits per heavy atom. The molecule has 0 fully saturated rings. The Balaban J connectivity index is 2.46. The summed E-state index contributed by atoms with van der Waals surface area (Å²) in [5.41, 5.74) is 3.36. The molecule has 0 aromatic heterocycles. The second-order valence-electron chi connectivity index (χ2n) is 5.00. The van der Waals surface area contributed by atoms with Gasteiger partial charge in [0.1, 0.15) is 0 Å². The maximum Gasteiger partial charge on any atom is 0.303 e. The lowest BCUT2D eigenvalue weighted by Gasteiger charge is -2.13. The average Bonchev–Trinajstić information content (AvgIpc) is 2.31. The van der Waals surface area contributed by atoms with Gasteiger partial charge in [0.2, 0.25) is 5.91 Å². The fourth-order valence-electron chi connectivity index (χ4n) is 1.84. The van der Waals surface area contributed by atoms with Crippen molar-refractivity contribution in [1.29, 1.82) is 0 Å². The molecule has 0 radical (unpaired) electrons. The maximum absolute atomic E-state index is 11.8. The monoisotopic (exact) mass is 263 g/mol. The van der Waals surface area contributed by atoms with Gasteiger partial charge in [-0.1, -0.05) is 18.2 Å². The van der Waals surface area contributed by atoms with E-state index in [1.165, 1.54) is 11.1 Å². The molecule has 1 aromatic carbocycles. The van der Waals surface area contributed by atoms with Crippen LogP contribution in [0.1, 0.15) is 36.5 Å². The van der Waals surface area contributed by atoms with Crippen LogP contribution in [0.15, 0.2) is 18.2 Å². The molecule has 0 heterocycles. The summed E-state index contributed by atoms with van der Waals surface area (Å²) in [6.45, 7) is 5.88. The number of rotatable bonds is 6. The lowest BCUT2D eigenvalue weighted by molar-refractivity contribution is -0.137. The molecule has 1 unspecified atom stereocenters. The summed E-state index contributed by atoms with van der Waals surface area (Å²) in [6, 6.07) is 5.85. The largest absolute Gasteiger partial charge is 0.481 e. The zero-order valence-corrected chi connectivity index (χ0v) is 11.7. The van der Waals surface area contributed by atoms with Gasteiger partial charge in [0, 0.05) is 12.5 Å². The van der Waals surface area contributed by atoms with Crippen LogP contribution in [0, 0.1) is 13.8 Å². The summed E-state index contributed by atoms with van der Waals surface area (Å²) >= 11 is 0. The number of amides is 1. The van der Waals surface area contributed by atoms with Crippen LogP contribution in [0.5, 0.6) is 0 Å². The second kappa shape index (κ2) is 6.92. The highest BCUT2D eigenvalue weighted by Crippen LogP contribution is 2.10. The number of carboxylic acid groups (broad SMARTS) is 1. The quantitative estimate of drug-likeness (QED) is 0.827. The molecule has 0 aliphatic rings. The summed E-state index contributed by atoms with van der Waals surface area (Å²) < 4.78 is 0. The minimum atomic E-state index is -0.838. The molecule has 0 aliphatic carbocycles. The molecular weight excluding hydrogens is 242 g/mol. The van der Waals surface area contributed by atoms with Gasteiger partial charge in [-0.15, -0.1) is 0 Å². The zero-order chi connectivity index (χ0) is 14.4. The van der Waals surface area contributed by atoms with Crippen molar-refractivity contribution >= 4 is 11.9 Å². The van der Waals surface area contributed by atoms with Crippen molar-refractivity contribution in [2.24, 2.45) is 0 Å². The van der Waals surface area contributed by atoms with Crippen LogP contribution in [0.3, 0.4) is 0 Å². The van der Waals surface area contributed by atoms with E-state index in [1.807, 2.05) is 39.0 Å². The molecule has 1 amide bonds. The van der Waals surface area contributed by atoms with E-state index in [2.05, 4.69) is 5.32 Å². The molecule has 104 valence electrons. The molecule has 0 aliphatic heterocycles. The van der Waals surface area contributed by atoms with Gasteiger partial charge in [0.15, 0.2) is 0 Å². The molecule has 0 bridgehead atoms. The topological polar surface area (TPSA) is 66.4 Å². The van der Waals surface area contributed by atoms with E-state index in [1.54, 1.807) is 0 Å². The van der Waals surface area contributed by atoms with E-state index in [0.717, 1.165) is 5.56 Å². The van der Waals surface area contributed by atoms with E-state index in [-0.39, 0.29) is 18.4 Å². The Morgan fingerprint density at radius 1 is 1.26 bits per heavy atom. The van der Waals surface area contributed by atoms with Crippen LogP contribution < -0.4 is 5.32 Å². The SMILES string of the molecule is Cc1ccc(CC(=O)NC(C)CCC(=O)O)cc1C. The maximum atomic E-state index is 11.8. The van der Waals surface area contributed by atoms with Gasteiger partial charge in [0.25, 0.3) is 0 Å². The van der Waals surface area contributed by atoms with E-state index in [4.69, 9.17) is 5.11 Å². The highest BCUT2D eigenvalue weighted by atomic mass is 16.4. The highest BCUT2D eigenvalue weighted by Gasteiger charge is 2.10. The molecule has 0 saturated heterocycles. The molecular formula is C15H21NO3. The van der Waals surface area contributed by atoms with Gasteiger partial charge in [-0.25, -0.2) is 0 Å². The Labute approximate surface area is 113 Å². The number of hydrogen-bond donors (Lipinski definition) is 2. The Bertz CT molecular complexity index is 468. The van der Waals surface area contributed by atoms with Crippen molar-refractivity contribution in [3.05, 3.63) is 34.9 Å². The summed E-state index contributed by atoms with van der Waals surface area (Å²) in [7, 11) is 0. The number of aliphatic carboxylic acids is 1. The third kappa shape index (κ3) is 5.55. The molecule has 19 heavy (non-hydrogen) atoms. The van der Waals surface area contributed by atoms with E-state index in [9.17, 15) is 9.59 Å². The molecule has 1 atom stereocenters. The third-order valence-corrected chi connectivity index (χ3v) is 3.13. The number of carboxylic acids is 1. The standard InChI is InChI=1S/C15H21NO3/c1-10-4-6-13(8-11(10)2)9-14(17)16-12(3)5-7-15(18)19/h4,6,8,12H,5,7,9H2,1-3H3,(H,16,17)(H,18,19). The first-order valence-electron chi connectivity index (χ1n) is 6.45. The fourth-order valence-corrected chi connectivity index (χ4v) is 1.84. The van der Waals surface area contributed by atoms with Gasteiger partial charge >= 0.3 is 5.97 Å². The number of carbonyl (C=O) groups excluding carboxylic acids is 1. The Hall–Kier alpha value is -1.84. The first kappa shape index (κ1) is 15.2. The van der Waals surface area contributed by atoms with Crippen molar-refractivity contribution in [2.75, 3.05) is 0 Å². The molecule has 4 nitrogen and oxygen atoms in total. The first-order chi connectivity index (χ1) is 8.88. The van der Waals surface area contributed by atoms with Crippen LogP contribution in [0.4, 0.5) is 0 Å². The van der Waals surface area contributed by atoms with Crippen molar-refractivity contribution in [3.63, 3.8) is 0 Å². The molecule has 1 aromatic rings. The smallest absolute Gasteiger partial charge is 0.303 e. The first-order valence-corrected chi connectivity index (χ1v) is 6.45. The molecule has 0 saturated carbocycles. The number of benzene rings is 1. The zero-order valence-electron chi connectivity index (χ0n) is 11.7. The normalized spacial score (nSPS) is 11.9. The minimum Gasteiger partial charge on any atom is -0.481 e. The summed E-state index contributed by atoms with van der Waals surface area (Å²) in [4.78, 5) is 22.2. The van der Waals surface area contributed by atoms with Gasteiger partial charge in [-0.3, -0.25) is 9.59 Å². The van der Waals surface area contributed by atoms with Crippen LogP contribution in [0.2, 0.25) is 0 Å². The van der Waals surface area contributed by atoms with Gasteiger partial charge in [-0.2, -0.15) is 0 Å². The highest BCUT2D eigenvalue weighted by molar-refractivity contribution is 5.79. The average molecular weight is 263 g/mol. The van der Waals surface area contributed by atoms with Crippen molar-refractivity contribution in [2.45, 2.75) is 46.1 Å². The second-order valence-corrected chi connectivity index (χ2v) is 5.00. The molecule has 0 spiro atoms. The van der Waals surface area contributed by atoms with Crippen LogP contribution >= 0.6 is 0 Å². The van der Waals surface area contributed by atoms with Crippen molar-refractivity contribution in [1.82, 2.24) is 5.32 Å². The van der Waals surface area contributed by atoms with Crippen LogP contribution in [-0.2, 0) is 16.0 Å². The molecule has 2 N–H and O–H groups in total. The number of carbonyl (C=O) groups is 2. The van der Waals surface area contributed by atoms with Gasteiger partial charge in [0.05, 0.1) is 6.42 Å². The molecule has 1 rings (SSSR count). The van der Waals surface area contributed by atoms with Gasteiger partial charge in [-0.05, 0) is 43.9 Å². The summed E-state index contributed by atoms with van der Waals surface area (Å²) in [6.07, 6.45) is 0.859. The number of aryl methyl sites for hydroxylation is 2. The third-order valence-electron chi connectivity index (χ3n) is 3.13. The van der Waals surface area contributed by atoms with E-state index >= 15 is 0 Å². The van der Waals surface area contributed by atoms with Gasteiger partial charge < -0.3 is 10.4 Å². The van der Waals surface area contributed by atoms with Crippen molar-refractivity contribution in [3.8, 4) is 0 Å². The lowest BCUT2D eigenvalue weighted by atomic mass is 10.0. The lowest BCUT2D eigenvalue weighted by Crippen LogP contribution is -2.34. The molecule has 4 heteroatoms. The minimum absolute atomic E-state index is 0.0684. The summed E-state index contributed by atoms with van der Waals surface area (Å²) in [5.74, 6) is -0.906. The Kier molecular flexibility index (Phi) is 5.55. The van der Waals surface area contributed by atoms with E-state index < -0.39 is 5.97 Å². The van der Waals surface area contributed by atoms with Crippen LogP contribution in [0.25, 0.3) is 0 Å². The number of nitrogens with one attached hydrogen (secondary N) is 1. The number of hydrogen-bond acceptors (Lipinski definition) is 2. The van der Waals surface area contributed by atoms with Crippen molar-refractivity contribution < 1.29 is 14.7 Å².